The summed E-state index contributed by atoms with van der Waals surface area (Å²) < 4.78 is 25.0. The van der Waals surface area contributed by atoms with Gasteiger partial charge in [0.05, 0.1) is 7.45 Å². The molecule has 124 valence electrons. The van der Waals surface area contributed by atoms with Crippen LogP contribution >= 0.6 is 0 Å². The Kier molecular flexibility index (Phi) is 2.64. The van der Waals surface area contributed by atoms with E-state index < -0.39 is 17.9 Å². The second-order valence-corrected chi connectivity index (χ2v) is 9.05. The van der Waals surface area contributed by atoms with Gasteiger partial charge in [-0.05, 0) is 78.9 Å². The highest BCUT2D eigenvalue weighted by Crippen LogP contribution is 2.66. The summed E-state index contributed by atoms with van der Waals surface area (Å²) in [5.41, 5.74) is -0.512. The molecule has 4 saturated carbocycles. The zero-order valence-electron chi connectivity index (χ0n) is 17.2. The fourth-order valence-electron chi connectivity index (χ4n) is 6.88. The van der Waals surface area contributed by atoms with Crippen molar-refractivity contribution in [3.8, 4) is 0 Å². The summed E-state index contributed by atoms with van der Waals surface area (Å²) in [7, 11) is 0. The van der Waals surface area contributed by atoms with Gasteiger partial charge < -0.3 is 5.11 Å². The summed E-state index contributed by atoms with van der Waals surface area (Å²) in [4.78, 5) is 12.1. The SMILES string of the molecule is [2H]C1([2H])C[C@H]2[C@@H]3CC[C@H]4CC(=O)C[C@@H](C)[C@]4(C)[C@H]3CC[C@]2(C)C1([2H])O. The van der Waals surface area contributed by atoms with Crippen LogP contribution in [0.3, 0.4) is 0 Å². The van der Waals surface area contributed by atoms with Gasteiger partial charge in [0.2, 0.25) is 0 Å². The molecular weight excluding hydrogens is 272 g/mol. The van der Waals surface area contributed by atoms with Gasteiger partial charge in [0.25, 0.3) is 0 Å². The predicted molar refractivity (Wildman–Crippen MR) is 87.3 cm³/mol. The first-order chi connectivity index (χ1) is 11.4. The highest BCUT2D eigenvalue weighted by atomic mass is 16.3. The first-order valence-electron chi connectivity index (χ1n) is 10.7. The van der Waals surface area contributed by atoms with Crippen LogP contribution < -0.4 is 0 Å². The summed E-state index contributed by atoms with van der Waals surface area (Å²) >= 11 is 0. The molecule has 8 atom stereocenters. The van der Waals surface area contributed by atoms with Gasteiger partial charge >= 0.3 is 0 Å². The Balaban J connectivity index is 1.71. The maximum atomic E-state index is 12.1. The summed E-state index contributed by atoms with van der Waals surface area (Å²) in [5, 5.41) is 10.8. The number of Topliss-reactive ketones (excluding diaryl/α,β-unsaturated/α-hetero) is 1. The first kappa shape index (κ1) is 12.1. The third kappa shape index (κ3) is 1.79. The van der Waals surface area contributed by atoms with Crippen LogP contribution in [-0.2, 0) is 4.79 Å². The third-order valence-corrected chi connectivity index (χ3v) is 8.45. The van der Waals surface area contributed by atoms with Gasteiger partial charge in [-0.1, -0.05) is 20.8 Å². The van der Waals surface area contributed by atoms with Gasteiger partial charge in [-0.15, -0.1) is 0 Å². The number of rotatable bonds is 0. The lowest BCUT2D eigenvalue weighted by molar-refractivity contribution is -0.154. The summed E-state index contributed by atoms with van der Waals surface area (Å²) in [6, 6.07) is 0. The smallest absolute Gasteiger partial charge is 0.133 e. The molecule has 0 saturated heterocycles. The van der Waals surface area contributed by atoms with E-state index in [1.165, 1.54) is 0 Å². The van der Waals surface area contributed by atoms with Gasteiger partial charge in [0, 0.05) is 15.6 Å². The summed E-state index contributed by atoms with van der Waals surface area (Å²) in [6.45, 7) is 6.56. The van der Waals surface area contributed by atoms with E-state index in [1.807, 2.05) is 6.92 Å². The van der Waals surface area contributed by atoms with E-state index in [0.717, 1.165) is 32.1 Å². The van der Waals surface area contributed by atoms with Crippen LogP contribution in [0.5, 0.6) is 0 Å². The Morgan fingerprint density at radius 1 is 1.18 bits per heavy atom. The second-order valence-electron chi connectivity index (χ2n) is 9.05. The number of carbonyl (C=O) groups is 1. The molecular formula is C20H32O2. The molecule has 0 bridgehead atoms. The Bertz CT molecular complexity index is 604. The van der Waals surface area contributed by atoms with Crippen molar-refractivity contribution in [2.45, 2.75) is 78.2 Å². The third-order valence-electron chi connectivity index (χ3n) is 8.45. The molecule has 22 heavy (non-hydrogen) atoms. The molecule has 2 heteroatoms. The first-order valence-corrected chi connectivity index (χ1v) is 9.19. The number of hydrogen-bond acceptors (Lipinski definition) is 2. The fraction of sp³-hybridized carbons (Fsp3) is 0.950. The van der Waals surface area contributed by atoms with Gasteiger partial charge in [0.15, 0.2) is 0 Å². The number of aliphatic hydroxyl groups is 1. The van der Waals surface area contributed by atoms with Crippen LogP contribution in [0.25, 0.3) is 0 Å². The molecule has 0 aromatic rings. The molecule has 0 aliphatic heterocycles. The van der Waals surface area contributed by atoms with Crippen molar-refractivity contribution in [2.75, 3.05) is 0 Å². The monoisotopic (exact) mass is 307 g/mol. The zero-order valence-corrected chi connectivity index (χ0v) is 14.2. The minimum absolute atomic E-state index is 0.0753. The van der Waals surface area contributed by atoms with Crippen LogP contribution in [0.2, 0.25) is 0 Å². The maximum absolute atomic E-state index is 12.1. The Morgan fingerprint density at radius 2 is 1.95 bits per heavy atom. The van der Waals surface area contributed by atoms with Crippen LogP contribution in [0, 0.1) is 40.4 Å². The Labute approximate surface area is 139 Å². The van der Waals surface area contributed by atoms with E-state index in [4.69, 9.17) is 4.11 Å². The number of ketones is 1. The molecule has 0 aromatic heterocycles. The second kappa shape index (κ2) is 4.82. The van der Waals surface area contributed by atoms with Gasteiger partial charge in [0.1, 0.15) is 5.78 Å². The van der Waals surface area contributed by atoms with Crippen LogP contribution in [-0.4, -0.2) is 17.0 Å². The minimum atomic E-state index is -2.00. The molecule has 0 heterocycles. The van der Waals surface area contributed by atoms with Crippen molar-refractivity contribution in [1.82, 2.24) is 0 Å². The lowest BCUT2D eigenvalue weighted by atomic mass is 9.43. The van der Waals surface area contributed by atoms with Crippen LogP contribution in [0.1, 0.15) is 76.2 Å². The lowest BCUT2D eigenvalue weighted by Gasteiger charge is -2.62. The molecule has 0 radical (unpaired) electrons. The van der Waals surface area contributed by atoms with E-state index in [-0.39, 0.29) is 11.3 Å². The van der Waals surface area contributed by atoms with Gasteiger partial charge in [-0.25, -0.2) is 0 Å². The zero-order chi connectivity index (χ0) is 18.4. The molecule has 1 N–H and O–H groups in total. The average Bonchev–Trinajstić information content (AvgIpc) is 2.65. The lowest BCUT2D eigenvalue weighted by Crippen LogP contribution is -2.56. The largest absolute Gasteiger partial charge is 0.393 e. The van der Waals surface area contributed by atoms with Crippen LogP contribution in [0.15, 0.2) is 0 Å². The molecule has 4 rings (SSSR count). The van der Waals surface area contributed by atoms with Crippen LogP contribution in [0.4, 0.5) is 0 Å². The fourth-order valence-corrected chi connectivity index (χ4v) is 6.88. The Hall–Kier alpha value is -0.370. The average molecular weight is 307 g/mol. The van der Waals surface area contributed by atoms with E-state index in [0.29, 0.717) is 42.3 Å². The highest BCUT2D eigenvalue weighted by Gasteiger charge is 2.61. The molecule has 1 unspecified atom stereocenters. The molecule has 4 fully saturated rings. The van der Waals surface area contributed by atoms with E-state index >= 15 is 0 Å². The molecule has 4 aliphatic rings. The Morgan fingerprint density at radius 3 is 2.73 bits per heavy atom. The van der Waals surface area contributed by atoms with Crippen molar-refractivity contribution in [1.29, 1.82) is 0 Å². The standard InChI is InChI=1S/C20H32O2/c1-12-10-14(21)11-13-4-5-15-16-6-7-18(22)19(16,2)9-8-17(15)20(12,13)3/h12-13,15-18,22H,4-11H2,1-3H3/t12-,13+,15+,16+,17+,18?,19+,20+/m1/s1/i7D2,18D. The summed E-state index contributed by atoms with van der Waals surface area (Å²) in [6.07, 6.45) is 1.61. The topological polar surface area (TPSA) is 37.3 Å². The number of carbonyl (C=O) groups excluding carboxylic acids is 1. The quantitative estimate of drug-likeness (QED) is 0.728. The summed E-state index contributed by atoms with van der Waals surface area (Å²) in [5.74, 6) is 2.20. The van der Waals surface area contributed by atoms with Crippen molar-refractivity contribution in [3.05, 3.63) is 0 Å². The molecule has 2 nitrogen and oxygen atoms in total. The predicted octanol–water partition coefficient (Wildman–Crippen LogP) is 4.21. The van der Waals surface area contributed by atoms with E-state index in [1.54, 1.807) is 0 Å². The normalized spacial score (nSPS) is 65.5. The molecule has 0 spiro atoms. The van der Waals surface area contributed by atoms with Crippen molar-refractivity contribution < 1.29 is 14.0 Å². The highest BCUT2D eigenvalue weighted by molar-refractivity contribution is 5.80. The molecule has 0 amide bonds. The minimum Gasteiger partial charge on any atom is -0.393 e. The van der Waals surface area contributed by atoms with E-state index in [2.05, 4.69) is 13.8 Å². The van der Waals surface area contributed by atoms with Gasteiger partial charge in [-0.2, -0.15) is 0 Å². The molecule has 0 aromatic carbocycles. The van der Waals surface area contributed by atoms with Crippen molar-refractivity contribution in [3.63, 3.8) is 0 Å². The van der Waals surface area contributed by atoms with Crippen molar-refractivity contribution in [2.24, 2.45) is 40.4 Å². The van der Waals surface area contributed by atoms with Gasteiger partial charge in [-0.3, -0.25) is 4.79 Å². The number of hydrogen-bond donors (Lipinski definition) is 1. The molecule has 4 aliphatic carbocycles. The van der Waals surface area contributed by atoms with E-state index in [9.17, 15) is 9.90 Å². The van der Waals surface area contributed by atoms with Crippen molar-refractivity contribution >= 4 is 5.78 Å². The number of fused-ring (bicyclic) bond motifs is 5. The maximum Gasteiger partial charge on any atom is 0.133 e.